The minimum Gasteiger partial charge on any atom is -0.750 e. The lowest BCUT2D eigenvalue weighted by Gasteiger charge is -2.23. The molecule has 0 aromatic heterocycles. The molecule has 1 aliphatic heterocycles. The Kier molecular flexibility index (Phi) is 10.3. The molecule has 0 bridgehead atoms. The maximum Gasteiger partial charge on any atom is 0.500 e. The van der Waals surface area contributed by atoms with Crippen LogP contribution in [0.3, 0.4) is 0 Å². The van der Waals surface area contributed by atoms with Crippen LogP contribution in [-0.4, -0.2) is 45.4 Å². The van der Waals surface area contributed by atoms with Crippen LogP contribution in [0.2, 0.25) is 6.04 Å². The number of rotatable bonds is 8. The summed E-state index contributed by atoms with van der Waals surface area (Å²) >= 11 is -1.09. The fraction of sp³-hybridized carbons (Fsp3) is 0.368. The number of nitrogens with one attached hydrogen (secondary N) is 1. The van der Waals surface area contributed by atoms with Crippen LogP contribution in [0, 0.1) is 6.92 Å². The number of fused-ring (bicyclic) bond motifs is 2. The number of H-pyrrole nitrogens is 1. The maximum absolute atomic E-state index is 8.83. The molecule has 9 nitrogen and oxygen atoms in total. The second kappa shape index (κ2) is 12.4. The van der Waals surface area contributed by atoms with Crippen LogP contribution in [0.15, 0.2) is 41.4 Å². The van der Waals surface area contributed by atoms with Gasteiger partial charge in [0.25, 0.3) is 0 Å². The van der Waals surface area contributed by atoms with Crippen molar-refractivity contribution in [2.24, 2.45) is 4.99 Å². The van der Waals surface area contributed by atoms with Crippen LogP contribution in [0.1, 0.15) is 12.0 Å². The molecule has 0 saturated heterocycles. The van der Waals surface area contributed by atoms with Crippen molar-refractivity contribution < 1.29 is 36.6 Å². The molecule has 0 fully saturated rings. The Labute approximate surface area is 188 Å². The first-order valence-corrected chi connectivity index (χ1v) is 13.0. The number of hydrogen-bond acceptors (Lipinski definition) is 9. The molecular formula is C19H25N2O7S2Si-. The van der Waals surface area contributed by atoms with Gasteiger partial charge >= 0.3 is 8.80 Å². The van der Waals surface area contributed by atoms with Gasteiger partial charge in [0.1, 0.15) is 4.88 Å². The van der Waals surface area contributed by atoms with Crippen molar-refractivity contribution in [1.29, 1.82) is 0 Å². The number of aromatic amines is 1. The molecule has 1 N–H and O–H groups in total. The van der Waals surface area contributed by atoms with E-state index in [4.69, 9.17) is 32.3 Å². The van der Waals surface area contributed by atoms with E-state index in [1.54, 1.807) is 32.7 Å². The molecule has 0 amide bonds. The number of hydrogen-bond donors (Lipinski definition) is 0. The molecule has 3 rings (SSSR count). The first-order valence-electron chi connectivity index (χ1n) is 9.28. The van der Waals surface area contributed by atoms with Crippen LogP contribution in [-0.2, 0) is 29.0 Å². The zero-order chi connectivity index (χ0) is 22.9. The van der Waals surface area contributed by atoms with Crippen molar-refractivity contribution in [3.05, 3.63) is 47.3 Å². The van der Waals surface area contributed by atoms with Gasteiger partial charge < -0.3 is 27.4 Å². The molecule has 1 atom stereocenters. The Hall–Kier alpha value is -1.61. The number of aromatic nitrogens is 1. The van der Waals surface area contributed by atoms with Crippen molar-refractivity contribution in [1.82, 2.24) is 0 Å². The van der Waals surface area contributed by atoms with Crippen molar-refractivity contribution >= 4 is 41.7 Å². The van der Waals surface area contributed by atoms with Gasteiger partial charge in [0.05, 0.1) is 21.4 Å². The summed E-state index contributed by atoms with van der Waals surface area (Å²) in [6.45, 7) is 2.84. The molecular weight excluding hydrogens is 460 g/mol. The number of nitrogens with zero attached hydrogens (tertiary/aromatic N) is 1. The van der Waals surface area contributed by atoms with Crippen LogP contribution >= 0.6 is 11.3 Å². The molecule has 2 aliphatic rings. The van der Waals surface area contributed by atoms with Crippen molar-refractivity contribution in [3.63, 3.8) is 0 Å². The molecule has 0 spiro atoms. The molecule has 1 unspecified atom stereocenters. The summed E-state index contributed by atoms with van der Waals surface area (Å²) < 4.78 is 37.7. The van der Waals surface area contributed by atoms with Crippen LogP contribution < -0.4 is 15.6 Å². The van der Waals surface area contributed by atoms with Crippen LogP contribution in [0.25, 0.3) is 20.8 Å². The SMILES string of the molecule is CO[Si](CCCN=c1ccc2[nH+]c3ccc(C)cc3sc-2c1)(OC)OC.O=S([O-])O[O-]. The highest BCUT2D eigenvalue weighted by Gasteiger charge is 2.36. The minimum absolute atomic E-state index is 0.720. The third-order valence-electron chi connectivity index (χ3n) is 4.52. The lowest BCUT2D eigenvalue weighted by molar-refractivity contribution is -0.635. The largest absolute Gasteiger partial charge is 0.750 e. The standard InChI is InChI=1S/C19H24N2O3SSi.H2O4S/c1-14-6-8-16-18(12-14)25-19-13-15(7-9-17(19)21-16)20-10-5-11-26(22-2,23-3)24-4;1-4-5(2)3/h6-9,12-13H,5,10-11H2,1-4H3;1H,(H,2,3)/p-1. The Bertz CT molecular complexity index is 1030. The number of benzene rings is 2. The highest BCUT2D eigenvalue weighted by molar-refractivity contribution is 7.73. The second-order valence-corrected chi connectivity index (χ2v) is 11.2. The van der Waals surface area contributed by atoms with E-state index in [0.717, 1.165) is 35.6 Å². The predicted molar refractivity (Wildman–Crippen MR) is 116 cm³/mol. The van der Waals surface area contributed by atoms with E-state index in [1.807, 2.05) is 0 Å². The smallest absolute Gasteiger partial charge is 0.500 e. The quantitative estimate of drug-likeness (QED) is 0.118. The van der Waals surface area contributed by atoms with E-state index in [2.05, 4.69) is 52.6 Å². The van der Waals surface area contributed by atoms with Gasteiger partial charge in [-0.25, -0.2) is 9.19 Å². The van der Waals surface area contributed by atoms with E-state index in [9.17, 15) is 0 Å². The third-order valence-corrected chi connectivity index (χ3v) is 8.57. The molecule has 1 aromatic rings. The molecule has 170 valence electrons. The van der Waals surface area contributed by atoms with E-state index in [1.165, 1.54) is 15.1 Å². The Morgan fingerprint density at radius 3 is 2.42 bits per heavy atom. The fourth-order valence-corrected chi connectivity index (χ4v) is 5.76. The molecule has 1 aliphatic carbocycles. The van der Waals surface area contributed by atoms with Gasteiger partial charge in [-0.1, -0.05) is 6.07 Å². The van der Waals surface area contributed by atoms with Gasteiger partial charge in [-0.2, -0.15) is 0 Å². The topological polar surface area (TPSA) is 127 Å². The van der Waals surface area contributed by atoms with Gasteiger partial charge in [-0.3, -0.25) is 4.99 Å². The lowest BCUT2D eigenvalue weighted by Crippen LogP contribution is -2.42. The van der Waals surface area contributed by atoms with E-state index in [0.29, 0.717) is 0 Å². The highest BCUT2D eigenvalue weighted by atomic mass is 32.2. The average Bonchev–Trinajstić information content (AvgIpc) is 2.78. The monoisotopic (exact) mass is 485 g/mol. The first kappa shape index (κ1) is 25.6. The van der Waals surface area contributed by atoms with Gasteiger partial charge in [-0.15, -0.1) is 11.3 Å². The average molecular weight is 486 g/mol. The first-order chi connectivity index (χ1) is 14.9. The predicted octanol–water partition coefficient (Wildman–Crippen LogP) is 1.37. The Balaban J connectivity index is 0.000000614. The summed E-state index contributed by atoms with van der Waals surface area (Å²) in [4.78, 5) is 9.41. The molecule has 0 saturated carbocycles. The maximum atomic E-state index is 8.83. The Morgan fingerprint density at radius 1 is 1.13 bits per heavy atom. The van der Waals surface area contributed by atoms with Crippen LogP contribution in [0.4, 0.5) is 0 Å². The van der Waals surface area contributed by atoms with Crippen molar-refractivity contribution in [2.45, 2.75) is 19.4 Å². The summed E-state index contributed by atoms with van der Waals surface area (Å²) in [5.74, 6) is 0. The van der Waals surface area contributed by atoms with Gasteiger partial charge in [0.2, 0.25) is 11.2 Å². The van der Waals surface area contributed by atoms with Gasteiger partial charge in [0.15, 0.2) is 0 Å². The summed E-state index contributed by atoms with van der Waals surface area (Å²) in [6, 6.07) is 13.5. The lowest BCUT2D eigenvalue weighted by atomic mass is 10.2. The van der Waals surface area contributed by atoms with Crippen molar-refractivity contribution in [3.8, 4) is 10.6 Å². The summed E-state index contributed by atoms with van der Waals surface area (Å²) in [7, 11) is 2.43. The summed E-state index contributed by atoms with van der Waals surface area (Å²) in [5, 5.41) is 9.51. The molecule has 12 heteroatoms. The van der Waals surface area contributed by atoms with Gasteiger partial charge in [-0.05, 0) is 37.1 Å². The summed E-state index contributed by atoms with van der Waals surface area (Å²) in [5.41, 5.74) is 3.57. The van der Waals surface area contributed by atoms with E-state index >= 15 is 0 Å². The van der Waals surface area contributed by atoms with E-state index in [-0.39, 0.29) is 0 Å². The molecule has 1 aromatic carbocycles. The zero-order valence-electron chi connectivity index (χ0n) is 17.7. The molecule has 31 heavy (non-hydrogen) atoms. The highest BCUT2D eigenvalue weighted by Crippen LogP contribution is 2.27. The normalized spacial score (nSPS) is 13.3. The second-order valence-electron chi connectivity index (χ2n) is 6.46. The number of aryl methyl sites for hydroxylation is 1. The van der Waals surface area contributed by atoms with E-state index < -0.39 is 20.2 Å². The zero-order valence-corrected chi connectivity index (χ0v) is 20.3. The summed E-state index contributed by atoms with van der Waals surface area (Å²) in [6.07, 6.45) is 0.867. The minimum atomic E-state index is -2.88. The Morgan fingerprint density at radius 2 is 1.81 bits per heavy atom. The van der Waals surface area contributed by atoms with Gasteiger partial charge in [0, 0.05) is 46.1 Å². The molecule has 0 radical (unpaired) electrons. The fourth-order valence-electron chi connectivity index (χ4n) is 2.94. The third kappa shape index (κ3) is 7.48. The van der Waals surface area contributed by atoms with Crippen molar-refractivity contribution in [2.75, 3.05) is 27.9 Å². The van der Waals surface area contributed by atoms with Crippen LogP contribution in [0.5, 0.6) is 0 Å². The molecule has 1 heterocycles.